The highest BCUT2D eigenvalue weighted by Crippen LogP contribution is 2.49. The third-order valence-electron chi connectivity index (χ3n) is 7.54. The van der Waals surface area contributed by atoms with E-state index in [0.717, 1.165) is 11.8 Å². The van der Waals surface area contributed by atoms with Gasteiger partial charge in [-0.3, -0.25) is 4.79 Å². The lowest BCUT2D eigenvalue weighted by Crippen LogP contribution is -2.47. The number of hydrogen-bond donors (Lipinski definition) is 1. The molecule has 31 heavy (non-hydrogen) atoms. The maximum Gasteiger partial charge on any atom is 0.339 e. The summed E-state index contributed by atoms with van der Waals surface area (Å²) in [5.74, 6) is 1.37. The minimum atomic E-state index is -3.84. The van der Waals surface area contributed by atoms with E-state index >= 15 is 0 Å². The third-order valence-corrected chi connectivity index (χ3v) is 9.50. The molecular formula is C23H32N2O5S. The highest BCUT2D eigenvalue weighted by Gasteiger charge is 2.42. The molecule has 1 aliphatic heterocycles. The summed E-state index contributed by atoms with van der Waals surface area (Å²) in [6.45, 7) is 2.64. The summed E-state index contributed by atoms with van der Waals surface area (Å²) in [5.41, 5.74) is 0.0320. The van der Waals surface area contributed by atoms with Crippen molar-refractivity contribution in [3.8, 4) is 0 Å². The molecule has 1 N–H and O–H groups in total. The van der Waals surface area contributed by atoms with Gasteiger partial charge in [0.15, 0.2) is 0 Å². The predicted octanol–water partition coefficient (Wildman–Crippen LogP) is 2.81. The third kappa shape index (κ3) is 4.37. The van der Waals surface area contributed by atoms with Crippen molar-refractivity contribution in [3.05, 3.63) is 29.8 Å². The number of hydrogen-bond acceptors (Lipinski definition) is 5. The van der Waals surface area contributed by atoms with Gasteiger partial charge in [-0.25, -0.2) is 13.2 Å². The number of esters is 1. The molecule has 0 radical (unpaired) electrons. The van der Waals surface area contributed by atoms with Crippen molar-refractivity contribution in [1.29, 1.82) is 0 Å². The highest BCUT2D eigenvalue weighted by molar-refractivity contribution is 7.89. The van der Waals surface area contributed by atoms with Crippen LogP contribution in [0.2, 0.25) is 0 Å². The molecule has 1 aromatic carbocycles. The van der Waals surface area contributed by atoms with Crippen LogP contribution in [-0.2, 0) is 19.6 Å². The Hall–Kier alpha value is -1.93. The fraction of sp³-hybridized carbons (Fsp3) is 0.652. The van der Waals surface area contributed by atoms with E-state index in [-0.39, 0.29) is 41.4 Å². The van der Waals surface area contributed by atoms with Crippen LogP contribution in [0.15, 0.2) is 29.2 Å². The molecule has 4 atom stereocenters. The first-order valence-electron chi connectivity index (χ1n) is 11.3. The molecule has 7 nitrogen and oxygen atoms in total. The number of ether oxygens (including phenoxy) is 1. The van der Waals surface area contributed by atoms with Crippen molar-refractivity contribution in [3.63, 3.8) is 0 Å². The van der Waals surface area contributed by atoms with E-state index in [1.54, 1.807) is 12.1 Å². The van der Waals surface area contributed by atoms with Crippen molar-refractivity contribution in [2.24, 2.45) is 23.7 Å². The Bertz CT molecular complexity index is 939. The van der Waals surface area contributed by atoms with E-state index in [2.05, 4.69) is 12.2 Å². The van der Waals surface area contributed by atoms with Gasteiger partial charge in [-0.05, 0) is 68.9 Å². The molecule has 3 fully saturated rings. The number of sulfonamides is 1. The molecule has 8 heteroatoms. The Balaban J connectivity index is 1.36. The topological polar surface area (TPSA) is 92.8 Å². The zero-order valence-corrected chi connectivity index (χ0v) is 19.1. The van der Waals surface area contributed by atoms with Crippen LogP contribution in [-0.4, -0.2) is 50.8 Å². The van der Waals surface area contributed by atoms with E-state index in [1.807, 2.05) is 0 Å². The number of nitrogens with zero attached hydrogens (tertiary/aromatic N) is 1. The molecule has 4 rings (SSSR count). The van der Waals surface area contributed by atoms with Gasteiger partial charge in [-0.1, -0.05) is 18.6 Å². The van der Waals surface area contributed by atoms with Gasteiger partial charge in [0, 0.05) is 25.0 Å². The van der Waals surface area contributed by atoms with Gasteiger partial charge in [0.2, 0.25) is 15.9 Å². The molecule has 2 saturated carbocycles. The Labute approximate surface area is 184 Å². The van der Waals surface area contributed by atoms with Gasteiger partial charge < -0.3 is 10.1 Å². The van der Waals surface area contributed by atoms with Gasteiger partial charge in [0.05, 0.1) is 17.6 Å². The molecule has 1 amide bonds. The first kappa shape index (κ1) is 22.3. The van der Waals surface area contributed by atoms with Crippen LogP contribution in [0.1, 0.15) is 55.8 Å². The van der Waals surface area contributed by atoms with E-state index in [0.29, 0.717) is 18.8 Å². The molecule has 1 heterocycles. The Morgan fingerprint density at radius 2 is 1.81 bits per heavy atom. The minimum Gasteiger partial charge on any atom is -0.465 e. The van der Waals surface area contributed by atoms with Crippen LogP contribution in [0, 0.1) is 23.7 Å². The normalized spacial score (nSPS) is 27.7. The van der Waals surface area contributed by atoms with Crippen LogP contribution in [0.3, 0.4) is 0 Å². The first-order valence-corrected chi connectivity index (χ1v) is 12.7. The van der Waals surface area contributed by atoms with Crippen molar-refractivity contribution >= 4 is 21.9 Å². The van der Waals surface area contributed by atoms with Crippen molar-refractivity contribution in [1.82, 2.24) is 9.62 Å². The van der Waals surface area contributed by atoms with Gasteiger partial charge >= 0.3 is 5.97 Å². The van der Waals surface area contributed by atoms with Gasteiger partial charge in [-0.2, -0.15) is 4.31 Å². The summed E-state index contributed by atoms with van der Waals surface area (Å²) < 4.78 is 32.4. The Morgan fingerprint density at radius 3 is 2.42 bits per heavy atom. The zero-order valence-electron chi connectivity index (χ0n) is 18.2. The van der Waals surface area contributed by atoms with Gasteiger partial charge in [0.25, 0.3) is 0 Å². The van der Waals surface area contributed by atoms with Crippen LogP contribution >= 0.6 is 0 Å². The second-order valence-electron chi connectivity index (χ2n) is 9.30. The molecule has 2 aliphatic carbocycles. The monoisotopic (exact) mass is 448 g/mol. The Kier molecular flexibility index (Phi) is 6.40. The molecule has 0 spiro atoms. The van der Waals surface area contributed by atoms with E-state index in [4.69, 9.17) is 4.74 Å². The maximum atomic E-state index is 13.1. The van der Waals surface area contributed by atoms with E-state index in [9.17, 15) is 18.0 Å². The molecule has 1 saturated heterocycles. The number of amides is 1. The van der Waals surface area contributed by atoms with Crippen LogP contribution in [0.4, 0.5) is 0 Å². The number of carbonyl (C=O) groups excluding carboxylic acids is 2. The summed E-state index contributed by atoms with van der Waals surface area (Å²) in [5, 5.41) is 3.23. The predicted molar refractivity (Wildman–Crippen MR) is 116 cm³/mol. The smallest absolute Gasteiger partial charge is 0.339 e. The van der Waals surface area contributed by atoms with Gasteiger partial charge in [0.1, 0.15) is 0 Å². The summed E-state index contributed by atoms with van der Waals surface area (Å²) >= 11 is 0. The van der Waals surface area contributed by atoms with Crippen molar-refractivity contribution in [2.45, 2.75) is 56.4 Å². The minimum absolute atomic E-state index is 0.0320. The number of piperidine rings is 1. The largest absolute Gasteiger partial charge is 0.465 e. The fourth-order valence-electron chi connectivity index (χ4n) is 5.82. The maximum absolute atomic E-state index is 13.1. The van der Waals surface area contributed by atoms with E-state index < -0.39 is 16.0 Å². The molecule has 0 unspecified atom stereocenters. The van der Waals surface area contributed by atoms with Crippen LogP contribution in [0.5, 0.6) is 0 Å². The number of fused-ring (bicyclic) bond motifs is 2. The summed E-state index contributed by atoms with van der Waals surface area (Å²) in [6.07, 6.45) is 6.13. The summed E-state index contributed by atoms with van der Waals surface area (Å²) in [7, 11) is -2.61. The van der Waals surface area contributed by atoms with Gasteiger partial charge in [-0.15, -0.1) is 0 Å². The SMILES string of the molecule is COC(=O)c1ccccc1S(=O)(=O)N1CCC(C(=O)N[C@@H](C)[C@@H]2C[C@H]3CC[C@H]2C3)CC1. The summed E-state index contributed by atoms with van der Waals surface area (Å²) in [4.78, 5) is 24.8. The molecule has 3 aliphatic rings. The highest BCUT2D eigenvalue weighted by atomic mass is 32.2. The number of nitrogens with one attached hydrogen (secondary N) is 1. The second-order valence-corrected chi connectivity index (χ2v) is 11.2. The standard InChI is InChI=1S/C23H32N2O5S/c1-15(20-14-16-7-8-18(20)13-16)24-22(26)17-9-11-25(12-10-17)31(28,29)21-6-4-3-5-19(21)23(27)30-2/h3-6,15-18,20H,7-14H2,1-2H3,(H,24,26)/t15-,16-,18-,20-/m0/s1. The lowest BCUT2D eigenvalue weighted by Gasteiger charge is -2.33. The molecular weight excluding hydrogens is 416 g/mol. The zero-order chi connectivity index (χ0) is 22.2. The average Bonchev–Trinajstić information content (AvgIpc) is 3.42. The molecule has 2 bridgehead atoms. The molecule has 170 valence electrons. The van der Waals surface area contributed by atoms with Crippen molar-refractivity contribution in [2.75, 3.05) is 20.2 Å². The number of rotatable bonds is 6. The molecule has 0 aromatic heterocycles. The molecule has 1 aromatic rings. The number of benzene rings is 1. The second kappa shape index (κ2) is 8.90. The average molecular weight is 449 g/mol. The fourth-order valence-corrected chi connectivity index (χ4v) is 7.47. The van der Waals surface area contributed by atoms with Crippen LogP contribution < -0.4 is 5.32 Å². The first-order chi connectivity index (χ1) is 14.8. The lowest BCUT2D eigenvalue weighted by molar-refractivity contribution is -0.127. The van der Waals surface area contributed by atoms with E-state index in [1.165, 1.54) is 49.2 Å². The van der Waals surface area contributed by atoms with Crippen molar-refractivity contribution < 1.29 is 22.7 Å². The quantitative estimate of drug-likeness (QED) is 0.676. The van der Waals surface area contributed by atoms with Crippen LogP contribution in [0.25, 0.3) is 0 Å². The summed E-state index contributed by atoms with van der Waals surface area (Å²) in [6, 6.07) is 6.26. The number of methoxy groups -OCH3 is 1. The lowest BCUT2D eigenvalue weighted by atomic mass is 9.83. The Morgan fingerprint density at radius 1 is 1.10 bits per heavy atom. The number of carbonyl (C=O) groups is 2.